The van der Waals surface area contributed by atoms with Crippen molar-refractivity contribution in [1.29, 1.82) is 0 Å². The predicted octanol–water partition coefficient (Wildman–Crippen LogP) is 2.69. The van der Waals surface area contributed by atoms with Crippen LogP contribution in [0.2, 0.25) is 0 Å². The van der Waals surface area contributed by atoms with Crippen LogP contribution in [0, 0.1) is 0 Å². The molecule has 0 aromatic carbocycles. The van der Waals surface area contributed by atoms with Crippen LogP contribution in [0.4, 0.5) is 4.79 Å². The van der Waals surface area contributed by atoms with Gasteiger partial charge < -0.3 is 23.7 Å². The lowest BCUT2D eigenvalue weighted by Crippen LogP contribution is -2.48. The zero-order valence-electron chi connectivity index (χ0n) is 16.9. The second-order valence-corrected chi connectivity index (χ2v) is 7.07. The van der Waals surface area contributed by atoms with E-state index < -0.39 is 36.4 Å². The van der Waals surface area contributed by atoms with Gasteiger partial charge in [-0.3, -0.25) is 4.79 Å². The van der Waals surface area contributed by atoms with Crippen LogP contribution in [-0.2, 0) is 28.5 Å². The minimum absolute atomic E-state index is 0.0632. The van der Waals surface area contributed by atoms with Crippen LogP contribution in [0.3, 0.4) is 0 Å². The average Bonchev–Trinajstić information content (AvgIpc) is 2.79. The highest BCUT2D eigenvalue weighted by atomic mass is 16.7. The van der Waals surface area contributed by atoms with Crippen molar-refractivity contribution in [2.75, 3.05) is 19.8 Å². The van der Waals surface area contributed by atoms with E-state index >= 15 is 0 Å². The highest BCUT2D eigenvalue weighted by Gasteiger charge is 2.46. The van der Waals surface area contributed by atoms with Crippen molar-refractivity contribution in [2.45, 2.75) is 85.2 Å². The third-order valence-corrected chi connectivity index (χ3v) is 3.67. The number of hydrogen-bond acceptors (Lipinski definition) is 7. The fourth-order valence-corrected chi connectivity index (χ4v) is 2.66. The first kappa shape index (κ1) is 22.8. The van der Waals surface area contributed by atoms with Crippen molar-refractivity contribution in [3.05, 3.63) is 0 Å². The van der Waals surface area contributed by atoms with Crippen molar-refractivity contribution in [3.8, 4) is 0 Å². The summed E-state index contributed by atoms with van der Waals surface area (Å²) in [6, 6.07) is -0.608. The largest absolute Gasteiger partial charge is 0.443 e. The molecular formula is C18H33NO7. The van der Waals surface area contributed by atoms with Gasteiger partial charge in [0.25, 0.3) is 0 Å². The molecule has 1 rings (SSSR count). The maximum atomic E-state index is 12.5. The summed E-state index contributed by atoms with van der Waals surface area (Å²) >= 11 is 0. The number of carbonyl (C=O) groups excluding carboxylic acids is 2. The van der Waals surface area contributed by atoms with Crippen molar-refractivity contribution in [3.63, 3.8) is 0 Å². The second-order valence-electron chi connectivity index (χ2n) is 7.07. The number of rotatable bonds is 9. The Morgan fingerprint density at radius 2 is 1.69 bits per heavy atom. The molecule has 1 saturated heterocycles. The van der Waals surface area contributed by atoms with Crippen molar-refractivity contribution in [2.24, 2.45) is 0 Å². The first-order chi connectivity index (χ1) is 12.1. The summed E-state index contributed by atoms with van der Waals surface area (Å²) in [5.74, 6) is -0.356. The van der Waals surface area contributed by atoms with Crippen LogP contribution in [0.15, 0.2) is 0 Å². The molecule has 2 amide bonds. The third kappa shape index (κ3) is 7.19. The van der Waals surface area contributed by atoms with Gasteiger partial charge in [-0.25, -0.2) is 9.69 Å². The molecule has 0 spiro atoms. The van der Waals surface area contributed by atoms with Crippen LogP contribution < -0.4 is 0 Å². The highest BCUT2D eigenvalue weighted by Crippen LogP contribution is 2.27. The molecule has 0 aromatic rings. The molecule has 26 heavy (non-hydrogen) atoms. The summed E-state index contributed by atoms with van der Waals surface area (Å²) in [6.45, 7) is 13.6. The minimum atomic E-state index is -0.709. The molecule has 0 aliphatic carbocycles. The molecule has 0 aromatic heterocycles. The lowest BCUT2D eigenvalue weighted by Gasteiger charge is -2.30. The van der Waals surface area contributed by atoms with Crippen molar-refractivity contribution in [1.82, 2.24) is 4.90 Å². The Bertz CT molecular complexity index is 463. The van der Waals surface area contributed by atoms with E-state index in [0.29, 0.717) is 13.2 Å². The first-order valence-electron chi connectivity index (χ1n) is 9.14. The Hall–Kier alpha value is -1.22. The average molecular weight is 375 g/mol. The Kier molecular flexibility index (Phi) is 8.95. The molecule has 0 N–H and O–H groups in total. The first-order valence-corrected chi connectivity index (χ1v) is 9.14. The molecule has 0 radical (unpaired) electrons. The standard InChI is InChI=1S/C18H33NO7/c1-8-22-12(3)24-11-14-15(25-13(4)23-9-2)10-16(20)19(14)17(21)26-18(5,6)7/h12-15H,8-11H2,1-7H3/t12?,13?,14-,15+/m1/s1. The van der Waals surface area contributed by atoms with E-state index in [1.54, 1.807) is 34.6 Å². The summed E-state index contributed by atoms with van der Waals surface area (Å²) in [6.07, 6.45) is -2.13. The third-order valence-electron chi connectivity index (χ3n) is 3.67. The Morgan fingerprint density at radius 1 is 1.12 bits per heavy atom. The molecule has 4 atom stereocenters. The summed E-state index contributed by atoms with van der Waals surface area (Å²) in [5.41, 5.74) is -0.709. The van der Waals surface area contributed by atoms with Crippen LogP contribution in [-0.4, -0.2) is 67.0 Å². The Labute approximate surface area is 156 Å². The molecule has 152 valence electrons. The van der Waals surface area contributed by atoms with Gasteiger partial charge in [-0.2, -0.15) is 0 Å². The highest BCUT2D eigenvalue weighted by molar-refractivity contribution is 5.94. The second kappa shape index (κ2) is 10.2. The van der Waals surface area contributed by atoms with E-state index in [4.69, 9.17) is 23.7 Å². The fraction of sp³-hybridized carbons (Fsp3) is 0.889. The number of likely N-dealkylation sites (tertiary alicyclic amines) is 1. The maximum Gasteiger partial charge on any atom is 0.417 e. The zero-order valence-corrected chi connectivity index (χ0v) is 16.9. The SMILES string of the molecule is CCOC(C)OC[C@@H]1[C@@H](OC(C)OCC)CC(=O)N1C(=O)OC(C)(C)C. The summed E-state index contributed by atoms with van der Waals surface area (Å²) in [5, 5.41) is 0. The van der Waals surface area contributed by atoms with Gasteiger partial charge in [0.1, 0.15) is 5.60 Å². The number of amides is 2. The topological polar surface area (TPSA) is 83.5 Å². The normalized spacial score (nSPS) is 23.2. The lowest BCUT2D eigenvalue weighted by atomic mass is 10.2. The molecule has 1 fully saturated rings. The number of ether oxygens (including phenoxy) is 5. The van der Waals surface area contributed by atoms with Gasteiger partial charge in [-0.05, 0) is 48.5 Å². The van der Waals surface area contributed by atoms with Gasteiger partial charge in [0.05, 0.1) is 25.2 Å². The van der Waals surface area contributed by atoms with E-state index in [1.165, 1.54) is 0 Å². The van der Waals surface area contributed by atoms with Gasteiger partial charge in [-0.15, -0.1) is 0 Å². The summed E-state index contributed by atoms with van der Waals surface area (Å²) in [4.78, 5) is 26.1. The monoisotopic (exact) mass is 375 g/mol. The quantitative estimate of drug-likeness (QED) is 0.573. The van der Waals surface area contributed by atoms with E-state index in [1.807, 2.05) is 13.8 Å². The van der Waals surface area contributed by atoms with E-state index in [-0.39, 0.29) is 18.9 Å². The predicted molar refractivity (Wildman–Crippen MR) is 94.5 cm³/mol. The van der Waals surface area contributed by atoms with Gasteiger partial charge in [0.15, 0.2) is 12.6 Å². The number of imide groups is 1. The number of hydrogen-bond donors (Lipinski definition) is 0. The summed E-state index contributed by atoms with van der Waals surface area (Å²) < 4.78 is 27.6. The van der Waals surface area contributed by atoms with Crippen molar-refractivity contribution >= 4 is 12.0 Å². The van der Waals surface area contributed by atoms with E-state index in [2.05, 4.69) is 0 Å². The van der Waals surface area contributed by atoms with Gasteiger partial charge >= 0.3 is 6.09 Å². The van der Waals surface area contributed by atoms with Crippen LogP contribution >= 0.6 is 0 Å². The molecule has 1 aliphatic rings. The zero-order chi connectivity index (χ0) is 19.9. The number of nitrogens with zero attached hydrogens (tertiary/aromatic N) is 1. The van der Waals surface area contributed by atoms with Gasteiger partial charge in [0, 0.05) is 13.2 Å². The van der Waals surface area contributed by atoms with Crippen LogP contribution in [0.5, 0.6) is 0 Å². The Morgan fingerprint density at radius 3 is 2.23 bits per heavy atom. The molecule has 1 heterocycles. The molecule has 0 saturated carbocycles. The van der Waals surface area contributed by atoms with E-state index in [9.17, 15) is 9.59 Å². The maximum absolute atomic E-state index is 12.5. The summed E-state index contributed by atoms with van der Waals surface area (Å²) in [7, 11) is 0. The van der Waals surface area contributed by atoms with Gasteiger partial charge in [-0.1, -0.05) is 0 Å². The van der Waals surface area contributed by atoms with Crippen LogP contribution in [0.25, 0.3) is 0 Å². The molecule has 8 nitrogen and oxygen atoms in total. The van der Waals surface area contributed by atoms with E-state index in [0.717, 1.165) is 4.90 Å². The number of carbonyl (C=O) groups is 2. The molecule has 1 aliphatic heterocycles. The molecule has 8 heteroatoms. The molecule has 2 unspecified atom stereocenters. The fourth-order valence-electron chi connectivity index (χ4n) is 2.66. The lowest BCUT2D eigenvalue weighted by molar-refractivity contribution is -0.179. The van der Waals surface area contributed by atoms with Gasteiger partial charge in [0.2, 0.25) is 5.91 Å². The molecular weight excluding hydrogens is 342 g/mol. The van der Waals surface area contributed by atoms with Crippen LogP contribution in [0.1, 0.15) is 54.9 Å². The molecule has 0 bridgehead atoms. The Balaban J connectivity index is 2.89. The van der Waals surface area contributed by atoms with Crippen molar-refractivity contribution < 1.29 is 33.3 Å². The smallest absolute Gasteiger partial charge is 0.417 e. The minimum Gasteiger partial charge on any atom is -0.443 e.